The van der Waals surface area contributed by atoms with Gasteiger partial charge in [-0.25, -0.2) is 4.57 Å². The Hall–Kier alpha value is -0.250. The van der Waals surface area contributed by atoms with Crippen molar-refractivity contribution in [1.82, 2.24) is 0 Å². The summed E-state index contributed by atoms with van der Waals surface area (Å²) in [6.07, 6.45) is -2.53. The molecule has 0 spiro atoms. The summed E-state index contributed by atoms with van der Waals surface area (Å²) in [6, 6.07) is 0.532. The molecule has 0 amide bonds. The summed E-state index contributed by atoms with van der Waals surface area (Å²) in [5, 5.41) is 55.2. The molecule has 36 heavy (non-hydrogen) atoms. The maximum Gasteiger partial charge on any atom is 0.472 e. The Kier molecular flexibility index (Phi) is 18.3. The van der Waals surface area contributed by atoms with Gasteiger partial charge in [0.2, 0.25) is 0 Å². The number of hydrogen-bond donors (Lipinski definition) is 10. The standard InChI is InChI=1S/2C8H19NO.C6H13O9P/c2*1-7(9)5-4-6-8(2,3)10;7-1-2-3(8)4(9)5(10)6(14-2)15-16(11,12)13/h2*7,10H,4-6,9H2,1-3H3;2-10H,1H2,(H2,11,12,13)/t;;2-,3-,4+,5-,6?/m..1/s1. The molecule has 1 heterocycles. The van der Waals surface area contributed by atoms with Crippen molar-refractivity contribution in [2.75, 3.05) is 6.61 Å². The first-order chi connectivity index (χ1) is 16.1. The van der Waals surface area contributed by atoms with E-state index in [0.717, 1.165) is 38.5 Å². The molecule has 0 saturated carbocycles. The number of aliphatic hydroxyl groups excluding tert-OH is 4. The highest BCUT2D eigenvalue weighted by atomic mass is 31.2. The Balaban J connectivity index is 0. The fourth-order valence-corrected chi connectivity index (χ4v) is 3.45. The van der Waals surface area contributed by atoms with Crippen LogP contribution in [0.4, 0.5) is 0 Å². The van der Waals surface area contributed by atoms with Gasteiger partial charge in [-0.3, -0.25) is 4.52 Å². The Labute approximate surface area is 214 Å². The molecule has 0 aromatic heterocycles. The van der Waals surface area contributed by atoms with Crippen LogP contribution in [0.3, 0.4) is 0 Å². The third-order valence-electron chi connectivity index (χ3n) is 4.99. The van der Waals surface area contributed by atoms with Crippen LogP contribution in [0.5, 0.6) is 0 Å². The van der Waals surface area contributed by atoms with Gasteiger partial charge in [0.05, 0.1) is 17.8 Å². The molecule has 1 fully saturated rings. The number of rotatable bonds is 11. The van der Waals surface area contributed by atoms with E-state index in [1.165, 1.54) is 0 Å². The van der Waals surface area contributed by atoms with Crippen LogP contribution in [0.25, 0.3) is 0 Å². The molecule has 1 aliphatic rings. The molecule has 0 aliphatic carbocycles. The average Bonchev–Trinajstić information content (AvgIpc) is 2.66. The average molecular weight is 551 g/mol. The number of aliphatic hydroxyl groups is 6. The zero-order valence-corrected chi connectivity index (χ0v) is 23.3. The highest BCUT2D eigenvalue weighted by molar-refractivity contribution is 7.46. The molecule has 14 heteroatoms. The minimum Gasteiger partial charge on any atom is -0.394 e. The van der Waals surface area contributed by atoms with Crippen LogP contribution in [-0.2, 0) is 13.8 Å². The number of ether oxygens (including phenoxy) is 1. The molecule has 0 bridgehead atoms. The summed E-state index contributed by atoms with van der Waals surface area (Å²) in [5.41, 5.74) is 10.0. The van der Waals surface area contributed by atoms with Crippen LogP contribution in [0, 0.1) is 0 Å². The van der Waals surface area contributed by atoms with E-state index >= 15 is 0 Å². The van der Waals surface area contributed by atoms with E-state index in [1.807, 2.05) is 41.5 Å². The second-order valence-electron chi connectivity index (χ2n) is 10.7. The predicted octanol–water partition coefficient (Wildman–Crippen LogP) is -0.555. The van der Waals surface area contributed by atoms with Gasteiger partial charge in [0.25, 0.3) is 0 Å². The van der Waals surface area contributed by atoms with Crippen molar-refractivity contribution in [2.24, 2.45) is 11.5 Å². The SMILES string of the molecule is CC(N)CCCC(C)(C)O.CC(N)CCCC(C)(C)O.O=P(O)(O)OC1O[C@H](CO)[C@@H](O)[C@H](O)[C@H]1O. The minimum absolute atomic E-state index is 0.266. The molecule has 1 aliphatic heterocycles. The van der Waals surface area contributed by atoms with Gasteiger partial charge in [-0.1, -0.05) is 0 Å². The number of nitrogens with two attached hydrogens (primary N) is 2. The van der Waals surface area contributed by atoms with Crippen LogP contribution in [-0.4, -0.2) is 101 Å². The molecular weight excluding hydrogens is 499 g/mol. The van der Waals surface area contributed by atoms with Gasteiger partial charge in [-0.15, -0.1) is 0 Å². The third kappa shape index (κ3) is 21.8. The second-order valence-corrected chi connectivity index (χ2v) is 11.8. The Morgan fingerprint density at radius 1 is 0.861 bits per heavy atom. The van der Waals surface area contributed by atoms with Gasteiger partial charge >= 0.3 is 7.82 Å². The maximum absolute atomic E-state index is 10.5. The molecule has 220 valence electrons. The normalized spacial score (nSPS) is 26.7. The van der Waals surface area contributed by atoms with Gasteiger partial charge in [0.15, 0.2) is 6.29 Å². The molecule has 12 N–H and O–H groups in total. The Morgan fingerprint density at radius 3 is 1.53 bits per heavy atom. The quantitative estimate of drug-likeness (QED) is 0.145. The van der Waals surface area contributed by atoms with Crippen molar-refractivity contribution < 1.29 is 54.3 Å². The van der Waals surface area contributed by atoms with Crippen LogP contribution in [0.2, 0.25) is 0 Å². The van der Waals surface area contributed by atoms with Gasteiger partial charge in [0.1, 0.15) is 24.4 Å². The summed E-state index contributed by atoms with van der Waals surface area (Å²) >= 11 is 0. The second kappa shape index (κ2) is 17.4. The van der Waals surface area contributed by atoms with Crippen molar-refractivity contribution in [3.8, 4) is 0 Å². The van der Waals surface area contributed by atoms with Crippen LogP contribution in [0.15, 0.2) is 0 Å². The summed E-state index contributed by atoms with van der Waals surface area (Å²) < 4.78 is 19.2. The van der Waals surface area contributed by atoms with E-state index in [1.54, 1.807) is 0 Å². The molecular formula is C22H51N2O11P. The van der Waals surface area contributed by atoms with Crippen molar-refractivity contribution in [3.63, 3.8) is 0 Å². The lowest BCUT2D eigenvalue weighted by Crippen LogP contribution is -2.58. The molecule has 13 nitrogen and oxygen atoms in total. The van der Waals surface area contributed by atoms with Crippen molar-refractivity contribution in [1.29, 1.82) is 0 Å². The van der Waals surface area contributed by atoms with E-state index in [-0.39, 0.29) is 12.1 Å². The van der Waals surface area contributed by atoms with Crippen LogP contribution in [0.1, 0.15) is 80.1 Å². The van der Waals surface area contributed by atoms with Crippen molar-refractivity contribution in [3.05, 3.63) is 0 Å². The summed E-state index contributed by atoms with van der Waals surface area (Å²) in [6.45, 7) is 10.6. The number of phosphoric acid groups is 1. The number of hydrogen-bond acceptors (Lipinski definition) is 11. The minimum atomic E-state index is -4.91. The molecule has 0 radical (unpaired) electrons. The summed E-state index contributed by atoms with van der Waals surface area (Å²) in [7, 11) is -4.91. The Morgan fingerprint density at radius 2 is 1.25 bits per heavy atom. The summed E-state index contributed by atoms with van der Waals surface area (Å²) in [4.78, 5) is 17.0. The molecule has 3 unspecified atom stereocenters. The fourth-order valence-electron chi connectivity index (χ4n) is 3.00. The molecule has 7 atom stereocenters. The zero-order chi connectivity index (χ0) is 28.9. The van der Waals surface area contributed by atoms with E-state index in [0.29, 0.717) is 0 Å². The molecule has 1 rings (SSSR count). The van der Waals surface area contributed by atoms with E-state index in [9.17, 15) is 30.1 Å². The molecule has 0 aromatic carbocycles. The van der Waals surface area contributed by atoms with Gasteiger partial charge in [-0.2, -0.15) is 0 Å². The third-order valence-corrected chi connectivity index (χ3v) is 5.47. The maximum atomic E-state index is 10.5. The monoisotopic (exact) mass is 550 g/mol. The smallest absolute Gasteiger partial charge is 0.394 e. The Bertz CT molecular complexity index is 580. The van der Waals surface area contributed by atoms with E-state index in [2.05, 4.69) is 9.26 Å². The largest absolute Gasteiger partial charge is 0.472 e. The predicted molar refractivity (Wildman–Crippen MR) is 134 cm³/mol. The highest BCUT2D eigenvalue weighted by Crippen LogP contribution is 2.40. The van der Waals surface area contributed by atoms with Crippen LogP contribution < -0.4 is 11.5 Å². The first-order valence-corrected chi connectivity index (χ1v) is 13.6. The van der Waals surface area contributed by atoms with Gasteiger partial charge < -0.3 is 56.6 Å². The highest BCUT2D eigenvalue weighted by Gasteiger charge is 2.46. The van der Waals surface area contributed by atoms with E-state index < -0.39 is 56.3 Å². The first-order valence-electron chi connectivity index (χ1n) is 12.1. The first kappa shape index (κ1) is 37.9. The lowest BCUT2D eigenvalue weighted by Gasteiger charge is -2.39. The zero-order valence-electron chi connectivity index (χ0n) is 22.4. The lowest BCUT2D eigenvalue weighted by atomic mass is 10.00. The summed E-state index contributed by atoms with van der Waals surface area (Å²) in [5.74, 6) is 0. The van der Waals surface area contributed by atoms with Gasteiger partial charge in [0, 0.05) is 12.1 Å². The number of phosphoric ester groups is 1. The van der Waals surface area contributed by atoms with Crippen LogP contribution >= 0.6 is 7.82 Å². The van der Waals surface area contributed by atoms with Gasteiger partial charge in [-0.05, 0) is 80.1 Å². The lowest BCUT2D eigenvalue weighted by molar-refractivity contribution is -0.280. The fraction of sp³-hybridized carbons (Fsp3) is 1.00. The van der Waals surface area contributed by atoms with Crippen molar-refractivity contribution >= 4 is 7.82 Å². The topological polar surface area (TPSA) is 249 Å². The van der Waals surface area contributed by atoms with Crippen molar-refractivity contribution in [2.45, 2.75) is 134 Å². The van der Waals surface area contributed by atoms with E-state index in [4.69, 9.17) is 26.4 Å². The molecule has 1 saturated heterocycles. The molecule has 0 aromatic rings.